The van der Waals surface area contributed by atoms with E-state index < -0.39 is 103 Å². The van der Waals surface area contributed by atoms with Gasteiger partial charge in [-0.15, -0.1) is 0 Å². The molecule has 1 aliphatic rings. The Kier molecular flexibility index (Phi) is 3.17. The van der Waals surface area contributed by atoms with Crippen LogP contribution in [0.15, 0.2) is 24.2 Å². The van der Waals surface area contributed by atoms with Gasteiger partial charge in [-0.25, -0.2) is 13.1 Å². The lowest BCUT2D eigenvalue weighted by atomic mass is 10.2. The lowest BCUT2D eigenvalue weighted by Gasteiger charge is -2.36. The van der Waals surface area contributed by atoms with Gasteiger partial charge in [-0.3, -0.25) is 9.69 Å². The van der Waals surface area contributed by atoms with Gasteiger partial charge in [0, 0.05) is 66.0 Å². The largest absolute Gasteiger partial charge is 0.369 e. The number of carbonyl (C=O) groups is 1. The maximum Gasteiger partial charge on any atom is 0.221 e. The number of carbonyl (C=O) groups excluding carboxylic acids is 1. The monoisotopic (exact) mass is 428 g/mol. The summed E-state index contributed by atoms with van der Waals surface area (Å²) >= 11 is 0. The van der Waals surface area contributed by atoms with E-state index in [-0.39, 0.29) is 29.4 Å². The van der Waals surface area contributed by atoms with Crippen LogP contribution in [-0.4, -0.2) is 64.1 Å². The van der Waals surface area contributed by atoms with E-state index in [2.05, 4.69) is 0 Å². The fourth-order valence-corrected chi connectivity index (χ4v) is 2.87. The fraction of sp³-hybridized carbons (Fsp3) is 0.650. The van der Waals surface area contributed by atoms with Crippen molar-refractivity contribution in [3.8, 4) is 0 Å². The maximum absolute atomic E-state index is 12.9. The molecule has 1 heterocycles. The molecule has 0 saturated carbocycles. The molecule has 1 saturated heterocycles. The predicted molar refractivity (Wildman–Crippen MR) is 115 cm³/mol. The number of anilines is 2. The molecule has 1 aromatic carbocycles. The van der Waals surface area contributed by atoms with E-state index in [1.54, 1.807) is 0 Å². The minimum absolute atomic E-state index is 0.111. The van der Waals surface area contributed by atoms with E-state index in [1.165, 1.54) is 0 Å². The highest BCUT2D eigenvalue weighted by atomic mass is 32.2. The number of rotatable bonds is 10. The number of benzene rings is 1. The summed E-state index contributed by atoms with van der Waals surface area (Å²) in [5.41, 5.74) is -5.23. The summed E-state index contributed by atoms with van der Waals surface area (Å²) in [6.45, 7) is -14.5. The van der Waals surface area contributed by atoms with Crippen molar-refractivity contribution in [1.82, 2.24) is 9.62 Å². The zero-order valence-electron chi connectivity index (χ0n) is 33.1. The van der Waals surface area contributed by atoms with E-state index in [0.29, 0.717) is 0 Å². The Bertz CT molecular complexity index is 1360. The molecule has 1 aliphatic heterocycles. The Hall–Kier alpha value is -1.64. The topological polar surface area (TPSA) is 81.8 Å². The van der Waals surface area contributed by atoms with Gasteiger partial charge in [0.2, 0.25) is 15.9 Å². The first-order valence-corrected chi connectivity index (χ1v) is 9.69. The minimum atomic E-state index is -5.69. The van der Waals surface area contributed by atoms with Crippen LogP contribution in [0.5, 0.6) is 0 Å². The molecule has 8 heteroatoms. The number of nitrogens with one attached hydrogen (secondary N) is 2. The van der Waals surface area contributed by atoms with Crippen LogP contribution in [0.25, 0.3) is 0 Å². The molecule has 0 spiro atoms. The van der Waals surface area contributed by atoms with Gasteiger partial charge in [0.25, 0.3) is 0 Å². The molecule has 28 heavy (non-hydrogen) atoms. The molecule has 0 aromatic heterocycles. The molecule has 158 valence electrons. The van der Waals surface area contributed by atoms with Crippen LogP contribution in [0.4, 0.5) is 11.4 Å². The summed E-state index contributed by atoms with van der Waals surface area (Å²) in [7, 11) is -5.69. The van der Waals surface area contributed by atoms with Gasteiger partial charge in [0.15, 0.2) is 1.41 Å². The SMILES string of the molecule is [2H]c1cc([2H])c(N2C([2H])C([2H])N(CCCCN([2H])S(=O)(=O)C([2H])([2H])C([2H])(C([2H])([2H])[2H])C([2H])([2H])[2H])C([2H])C2[2H])c([2H])c1N([2H])C(C)=O. The van der Waals surface area contributed by atoms with Crippen LogP contribution in [-0.2, 0) is 14.8 Å². The van der Waals surface area contributed by atoms with Gasteiger partial charge >= 0.3 is 0 Å². The molecule has 7 nitrogen and oxygen atoms in total. The van der Waals surface area contributed by atoms with Crippen molar-refractivity contribution in [1.29, 1.82) is 0 Å². The summed E-state index contributed by atoms with van der Waals surface area (Å²) in [6.07, 6.45) is -0.386. The third-order valence-corrected chi connectivity index (χ3v) is 4.32. The molecule has 1 amide bonds. The van der Waals surface area contributed by atoms with Crippen molar-refractivity contribution in [2.45, 2.75) is 33.5 Å². The van der Waals surface area contributed by atoms with E-state index in [9.17, 15) is 13.2 Å². The highest BCUT2D eigenvalue weighted by Gasteiger charge is 2.17. The normalized spacial score (nSPS) is 37.6. The summed E-state index contributed by atoms with van der Waals surface area (Å²) < 4.78 is 168. The summed E-state index contributed by atoms with van der Waals surface area (Å²) in [5.74, 6) is -5.01. The van der Waals surface area contributed by atoms with E-state index in [1.807, 2.05) is 0 Å². The predicted octanol–water partition coefficient (Wildman–Crippen LogP) is 2.12. The smallest absolute Gasteiger partial charge is 0.221 e. The number of hydrogen-bond donors (Lipinski definition) is 2. The molecule has 0 radical (unpaired) electrons. The molecule has 1 fully saturated rings. The third kappa shape index (κ3) is 8.16. The van der Waals surface area contributed by atoms with Gasteiger partial charge in [-0.05, 0) is 43.4 Å². The van der Waals surface area contributed by atoms with Crippen molar-refractivity contribution in [3.05, 3.63) is 24.2 Å². The van der Waals surface area contributed by atoms with Gasteiger partial charge in [0.05, 0.1) is 12.6 Å². The fourth-order valence-electron chi connectivity index (χ4n) is 2.18. The van der Waals surface area contributed by atoms with Crippen LogP contribution >= 0.6 is 0 Å². The molecule has 0 aliphatic carbocycles. The number of hydrogen-bond acceptors (Lipinski definition) is 5. The summed E-state index contributed by atoms with van der Waals surface area (Å²) in [6, 6.07) is -0.820. The van der Waals surface area contributed by atoms with Crippen molar-refractivity contribution in [2.75, 3.05) is 55.1 Å². The molecule has 0 bridgehead atoms. The Morgan fingerprint density at radius 1 is 1.39 bits per heavy atom. The Labute approximate surface area is 194 Å². The van der Waals surface area contributed by atoms with E-state index in [0.717, 1.165) is 22.8 Å². The minimum Gasteiger partial charge on any atom is -0.369 e. The second-order valence-corrected chi connectivity index (χ2v) is 7.05. The molecule has 2 rings (SSSR count). The van der Waals surface area contributed by atoms with Gasteiger partial charge < -0.3 is 10.2 Å². The second kappa shape index (κ2) is 10.8. The number of unbranched alkanes of at least 4 members (excludes halogenated alkanes) is 1. The van der Waals surface area contributed by atoms with Crippen LogP contribution < -0.4 is 14.9 Å². The Morgan fingerprint density at radius 3 is 2.82 bits per heavy atom. The molecule has 2 N–H and O–H groups in total. The first kappa shape index (κ1) is 8.24. The molecule has 4 unspecified atom stereocenters. The molecular formula is C20H34N4O3S. The van der Waals surface area contributed by atoms with E-state index in [4.69, 9.17) is 24.8 Å². The highest BCUT2D eigenvalue weighted by molar-refractivity contribution is 7.89. The molecular weight excluding hydrogens is 376 g/mol. The Balaban J connectivity index is 2.24. The summed E-state index contributed by atoms with van der Waals surface area (Å²) in [5, 5.41) is 0.246. The van der Waals surface area contributed by atoms with Crippen LogP contribution in [0.1, 0.15) is 55.4 Å². The highest BCUT2D eigenvalue weighted by Crippen LogP contribution is 2.21. The first-order valence-electron chi connectivity index (χ1n) is 17.5. The van der Waals surface area contributed by atoms with Crippen molar-refractivity contribution >= 4 is 27.3 Å². The zero-order chi connectivity index (χ0) is 36.1. The quantitative estimate of drug-likeness (QED) is 0.558. The lowest BCUT2D eigenvalue weighted by molar-refractivity contribution is -0.114. The van der Waals surface area contributed by atoms with Crippen LogP contribution in [0.2, 0.25) is 2.82 Å². The molecule has 4 atom stereocenters. The number of nitrogens with zero attached hydrogens (tertiary/aromatic N) is 2. The zero-order valence-corrected chi connectivity index (χ0v) is 16.0. The van der Waals surface area contributed by atoms with Gasteiger partial charge in [0.1, 0.15) is 1.41 Å². The third-order valence-electron chi connectivity index (χ3n) is 3.34. The van der Waals surface area contributed by atoms with Crippen molar-refractivity contribution in [2.24, 2.45) is 5.89 Å². The van der Waals surface area contributed by atoms with Crippen LogP contribution in [0, 0.1) is 5.89 Å². The lowest BCUT2D eigenvalue weighted by Crippen LogP contribution is -2.46. The number of amides is 1. The summed E-state index contributed by atoms with van der Waals surface area (Å²) in [4.78, 5) is 13.6. The van der Waals surface area contributed by atoms with Gasteiger partial charge in [-0.1, -0.05) is 19.8 Å². The standard InChI is InChI=1S/C20H34N4O3S/c1-17(2)16-28(26,27)21-9-4-5-10-23-11-13-24(14-12-23)20-8-6-7-19(15-20)22-18(3)25/h6-8,15,17,21H,4-5,9-14,16H2,1-3H3,(H,22,25)/i1D3,2D3,7D,8D,11D,12D,13D,14D,15D,16D2,17D/hD2. The number of piperazine rings is 1. The maximum atomic E-state index is 12.9. The molecule has 1 aromatic rings. The van der Waals surface area contributed by atoms with E-state index >= 15 is 0 Å². The average molecular weight is 429 g/mol. The first-order chi connectivity index (χ1) is 20.6. The number of sulfonamides is 1. The van der Waals surface area contributed by atoms with Crippen LogP contribution in [0.3, 0.4) is 0 Å². The van der Waals surface area contributed by atoms with Gasteiger partial charge in [-0.2, -0.15) is 0 Å². The average Bonchev–Trinajstić information content (AvgIpc) is 2.90. The second-order valence-electron chi connectivity index (χ2n) is 5.64. The Morgan fingerprint density at radius 2 is 2.14 bits per heavy atom. The van der Waals surface area contributed by atoms with Crippen molar-refractivity contribution < 1.29 is 38.0 Å². The van der Waals surface area contributed by atoms with Crippen molar-refractivity contribution in [3.63, 3.8) is 0 Å².